The Kier molecular flexibility index (Phi) is 5.66. The van der Waals surface area contributed by atoms with Crippen LogP contribution in [0.15, 0.2) is 23.1 Å². The number of hydrogen-bond acceptors (Lipinski definition) is 5. The van der Waals surface area contributed by atoms with E-state index in [2.05, 4.69) is 5.32 Å². The summed E-state index contributed by atoms with van der Waals surface area (Å²) in [5, 5.41) is 3.12. The molecule has 1 saturated heterocycles. The van der Waals surface area contributed by atoms with Crippen molar-refractivity contribution in [2.45, 2.75) is 31.2 Å². The Bertz CT molecular complexity index is 604. The number of hydrogen-bond donors (Lipinski definition) is 1. The Labute approximate surface area is 132 Å². The molecule has 6 nitrogen and oxygen atoms in total. The predicted octanol–water partition coefficient (Wildman–Crippen LogP) is 1.47. The SMILES string of the molecule is CCOc1ccc(S(=O)(=O)N2CCC(NC)C2)cc1OCC. The molecule has 1 unspecified atom stereocenters. The molecule has 1 aliphatic heterocycles. The van der Waals surface area contributed by atoms with Crippen molar-refractivity contribution in [2.24, 2.45) is 0 Å². The summed E-state index contributed by atoms with van der Waals surface area (Å²) in [5.74, 6) is 1.03. The highest BCUT2D eigenvalue weighted by atomic mass is 32.2. The third-order valence-electron chi connectivity index (χ3n) is 3.71. The Morgan fingerprint density at radius 1 is 1.23 bits per heavy atom. The molecule has 1 atom stereocenters. The van der Waals surface area contributed by atoms with Crippen molar-refractivity contribution in [3.63, 3.8) is 0 Å². The fourth-order valence-corrected chi connectivity index (χ4v) is 4.04. The van der Waals surface area contributed by atoms with Crippen LogP contribution >= 0.6 is 0 Å². The number of sulfonamides is 1. The average Bonchev–Trinajstić information content (AvgIpc) is 2.99. The molecule has 1 aromatic carbocycles. The van der Waals surface area contributed by atoms with Crippen molar-refractivity contribution >= 4 is 10.0 Å². The minimum Gasteiger partial charge on any atom is -0.490 e. The van der Waals surface area contributed by atoms with Gasteiger partial charge in [-0.2, -0.15) is 4.31 Å². The van der Waals surface area contributed by atoms with E-state index in [9.17, 15) is 8.42 Å². The largest absolute Gasteiger partial charge is 0.490 e. The maximum absolute atomic E-state index is 12.7. The van der Waals surface area contributed by atoms with E-state index in [4.69, 9.17) is 9.47 Å². The highest BCUT2D eigenvalue weighted by Gasteiger charge is 2.32. The van der Waals surface area contributed by atoms with E-state index in [1.165, 1.54) is 4.31 Å². The van der Waals surface area contributed by atoms with Gasteiger partial charge in [-0.25, -0.2) is 8.42 Å². The molecule has 7 heteroatoms. The predicted molar refractivity (Wildman–Crippen MR) is 85.0 cm³/mol. The van der Waals surface area contributed by atoms with Gasteiger partial charge in [-0.15, -0.1) is 0 Å². The fraction of sp³-hybridized carbons (Fsp3) is 0.600. The summed E-state index contributed by atoms with van der Waals surface area (Å²) in [5.41, 5.74) is 0. The van der Waals surface area contributed by atoms with E-state index >= 15 is 0 Å². The van der Waals surface area contributed by atoms with E-state index < -0.39 is 10.0 Å². The van der Waals surface area contributed by atoms with Crippen molar-refractivity contribution < 1.29 is 17.9 Å². The van der Waals surface area contributed by atoms with Gasteiger partial charge in [-0.3, -0.25) is 0 Å². The van der Waals surface area contributed by atoms with E-state index in [1.807, 2.05) is 20.9 Å². The van der Waals surface area contributed by atoms with Crippen molar-refractivity contribution in [1.29, 1.82) is 0 Å². The first-order valence-corrected chi connectivity index (χ1v) is 9.04. The lowest BCUT2D eigenvalue weighted by atomic mass is 10.3. The molecular weight excluding hydrogens is 304 g/mol. The number of benzene rings is 1. The lowest BCUT2D eigenvalue weighted by molar-refractivity contribution is 0.287. The molecule has 0 spiro atoms. The second-order valence-corrected chi connectivity index (χ2v) is 7.05. The van der Waals surface area contributed by atoms with Gasteiger partial charge in [0.2, 0.25) is 10.0 Å². The summed E-state index contributed by atoms with van der Waals surface area (Å²) in [6, 6.07) is 5.00. The van der Waals surface area contributed by atoms with Crippen LogP contribution in [0.4, 0.5) is 0 Å². The van der Waals surface area contributed by atoms with Gasteiger partial charge in [0.05, 0.1) is 18.1 Å². The maximum Gasteiger partial charge on any atom is 0.243 e. The zero-order valence-electron chi connectivity index (χ0n) is 13.3. The van der Waals surface area contributed by atoms with Crippen LogP contribution in [-0.2, 0) is 10.0 Å². The lowest BCUT2D eigenvalue weighted by Crippen LogP contribution is -2.33. The smallest absolute Gasteiger partial charge is 0.243 e. The lowest BCUT2D eigenvalue weighted by Gasteiger charge is -2.18. The molecule has 0 aromatic heterocycles. The van der Waals surface area contributed by atoms with E-state index in [1.54, 1.807) is 18.2 Å². The van der Waals surface area contributed by atoms with E-state index in [0.29, 0.717) is 37.8 Å². The minimum absolute atomic E-state index is 0.212. The first kappa shape index (κ1) is 17.1. The van der Waals surface area contributed by atoms with E-state index in [0.717, 1.165) is 6.42 Å². The molecule has 0 aliphatic carbocycles. The fourth-order valence-electron chi connectivity index (χ4n) is 2.52. The number of nitrogens with zero attached hydrogens (tertiary/aromatic N) is 1. The second kappa shape index (κ2) is 7.30. The number of nitrogens with one attached hydrogen (secondary N) is 1. The number of rotatable bonds is 7. The first-order chi connectivity index (χ1) is 10.5. The third-order valence-corrected chi connectivity index (χ3v) is 5.57. The summed E-state index contributed by atoms with van der Waals surface area (Å²) in [4.78, 5) is 0.246. The van der Waals surface area contributed by atoms with Crippen LogP contribution in [0.2, 0.25) is 0 Å². The number of ether oxygens (including phenoxy) is 2. The summed E-state index contributed by atoms with van der Waals surface area (Å²) in [7, 11) is -1.64. The van der Waals surface area contributed by atoms with Gasteiger partial charge in [0, 0.05) is 25.2 Å². The molecule has 1 aliphatic rings. The maximum atomic E-state index is 12.7. The zero-order valence-corrected chi connectivity index (χ0v) is 14.1. The summed E-state index contributed by atoms with van der Waals surface area (Å²) in [6.45, 7) is 5.72. The van der Waals surface area contributed by atoms with Gasteiger partial charge in [0.15, 0.2) is 11.5 Å². The second-order valence-electron chi connectivity index (χ2n) is 5.11. The van der Waals surface area contributed by atoms with Crippen LogP contribution in [0.25, 0.3) is 0 Å². The zero-order chi connectivity index (χ0) is 16.2. The first-order valence-electron chi connectivity index (χ1n) is 7.60. The molecule has 22 heavy (non-hydrogen) atoms. The standard InChI is InChI=1S/C15H24N2O4S/c1-4-20-14-7-6-13(10-15(14)21-5-2)22(18,19)17-9-8-12(11-17)16-3/h6-7,10,12,16H,4-5,8-9,11H2,1-3H3. The molecule has 0 saturated carbocycles. The summed E-state index contributed by atoms with van der Waals surface area (Å²) in [6.07, 6.45) is 0.824. The molecule has 1 heterocycles. The molecule has 124 valence electrons. The van der Waals surface area contributed by atoms with Crippen LogP contribution in [0.3, 0.4) is 0 Å². The van der Waals surface area contributed by atoms with Crippen LogP contribution in [0.1, 0.15) is 20.3 Å². The average molecular weight is 328 g/mol. The molecular formula is C15H24N2O4S. The van der Waals surface area contributed by atoms with Crippen LogP contribution < -0.4 is 14.8 Å². The Morgan fingerprint density at radius 2 is 1.91 bits per heavy atom. The van der Waals surface area contributed by atoms with Crippen molar-refractivity contribution in [3.05, 3.63) is 18.2 Å². The Balaban J connectivity index is 2.29. The summed E-state index contributed by atoms with van der Waals surface area (Å²) >= 11 is 0. The van der Waals surface area contributed by atoms with Crippen LogP contribution in [0.5, 0.6) is 11.5 Å². The normalized spacial score (nSPS) is 19.3. The highest BCUT2D eigenvalue weighted by Crippen LogP contribution is 2.32. The van der Waals surface area contributed by atoms with Gasteiger partial charge in [-0.05, 0) is 39.4 Å². The molecule has 0 radical (unpaired) electrons. The van der Waals surface area contributed by atoms with Crippen molar-refractivity contribution in [1.82, 2.24) is 9.62 Å². The molecule has 0 bridgehead atoms. The van der Waals surface area contributed by atoms with Crippen LogP contribution in [0, 0.1) is 0 Å². The molecule has 0 amide bonds. The van der Waals surface area contributed by atoms with Gasteiger partial charge < -0.3 is 14.8 Å². The van der Waals surface area contributed by atoms with Crippen molar-refractivity contribution in [2.75, 3.05) is 33.4 Å². The summed E-state index contributed by atoms with van der Waals surface area (Å²) < 4.78 is 37.9. The van der Waals surface area contributed by atoms with Crippen LogP contribution in [-0.4, -0.2) is 52.1 Å². The van der Waals surface area contributed by atoms with Gasteiger partial charge in [-0.1, -0.05) is 0 Å². The molecule has 1 aromatic rings. The molecule has 1 N–H and O–H groups in total. The quantitative estimate of drug-likeness (QED) is 0.821. The number of likely N-dealkylation sites (N-methyl/N-ethyl adjacent to an activating group) is 1. The third kappa shape index (κ3) is 3.53. The van der Waals surface area contributed by atoms with Crippen molar-refractivity contribution in [3.8, 4) is 11.5 Å². The topological polar surface area (TPSA) is 67.9 Å². The van der Waals surface area contributed by atoms with Gasteiger partial charge in [0.25, 0.3) is 0 Å². The minimum atomic E-state index is -3.50. The Morgan fingerprint density at radius 3 is 2.50 bits per heavy atom. The molecule has 1 fully saturated rings. The highest BCUT2D eigenvalue weighted by molar-refractivity contribution is 7.89. The Hall–Kier alpha value is -1.31. The molecule has 2 rings (SSSR count). The van der Waals surface area contributed by atoms with E-state index in [-0.39, 0.29) is 10.9 Å². The van der Waals surface area contributed by atoms with Gasteiger partial charge in [0.1, 0.15) is 0 Å². The van der Waals surface area contributed by atoms with Gasteiger partial charge >= 0.3 is 0 Å². The monoisotopic (exact) mass is 328 g/mol.